The Labute approximate surface area is 164 Å². The Bertz CT molecular complexity index is 927. The van der Waals surface area contributed by atoms with Crippen LogP contribution in [0.25, 0.3) is 0 Å². The fraction of sp³-hybridized carbons (Fsp3) is 0.591. The second-order valence-corrected chi connectivity index (χ2v) is 8.86. The molecule has 0 unspecified atom stereocenters. The SMILES string of the molecule is CC[C@]12CC(C(=O)OC)=C3Nc4cc(OC)ccc4[C@]34CCN(C[C@@H]3O[C@H]31)[C@@H]24. The molecule has 1 N–H and O–H groups in total. The summed E-state index contributed by atoms with van der Waals surface area (Å²) < 4.78 is 16.9. The Morgan fingerprint density at radius 2 is 2.25 bits per heavy atom. The van der Waals surface area contributed by atoms with Gasteiger partial charge in [0.2, 0.25) is 0 Å². The summed E-state index contributed by atoms with van der Waals surface area (Å²) in [5, 5.41) is 3.63. The highest BCUT2D eigenvalue weighted by Gasteiger charge is 2.73. The van der Waals surface area contributed by atoms with Crippen LogP contribution in [0.1, 0.15) is 31.7 Å². The van der Waals surface area contributed by atoms with E-state index in [1.807, 2.05) is 6.07 Å². The van der Waals surface area contributed by atoms with Crippen LogP contribution in [0.5, 0.6) is 5.75 Å². The minimum atomic E-state index is -0.214. The molecule has 0 radical (unpaired) electrons. The molecule has 5 aliphatic rings. The van der Waals surface area contributed by atoms with E-state index in [0.29, 0.717) is 18.6 Å². The van der Waals surface area contributed by atoms with Crippen molar-refractivity contribution < 1.29 is 19.0 Å². The quantitative estimate of drug-likeness (QED) is 0.640. The van der Waals surface area contributed by atoms with E-state index in [1.165, 1.54) is 12.7 Å². The highest BCUT2D eigenvalue weighted by Crippen LogP contribution is 2.68. The first-order valence-corrected chi connectivity index (χ1v) is 10.3. The Kier molecular flexibility index (Phi) is 3.19. The Morgan fingerprint density at radius 1 is 1.39 bits per heavy atom. The van der Waals surface area contributed by atoms with Crippen molar-refractivity contribution in [3.63, 3.8) is 0 Å². The zero-order valence-electron chi connectivity index (χ0n) is 16.6. The number of anilines is 1. The van der Waals surface area contributed by atoms with E-state index in [1.54, 1.807) is 7.11 Å². The van der Waals surface area contributed by atoms with Crippen LogP contribution in [0.4, 0.5) is 5.69 Å². The Morgan fingerprint density at radius 3 is 3.00 bits per heavy atom. The van der Waals surface area contributed by atoms with Gasteiger partial charge in [-0.15, -0.1) is 0 Å². The molecular weight excluding hydrogens is 356 g/mol. The molecule has 28 heavy (non-hydrogen) atoms. The van der Waals surface area contributed by atoms with Gasteiger partial charge in [0.1, 0.15) is 5.75 Å². The molecule has 6 rings (SSSR count). The fourth-order valence-corrected chi connectivity index (χ4v) is 6.97. The highest BCUT2D eigenvalue weighted by atomic mass is 16.6. The van der Waals surface area contributed by atoms with Crippen LogP contribution in [0.2, 0.25) is 0 Å². The average molecular weight is 382 g/mol. The summed E-state index contributed by atoms with van der Waals surface area (Å²) in [5.41, 5.74) is 3.95. The predicted octanol–water partition coefficient (Wildman–Crippen LogP) is 2.44. The number of nitrogens with zero attached hydrogens (tertiary/aromatic N) is 1. The number of methoxy groups -OCH3 is 2. The largest absolute Gasteiger partial charge is 0.497 e. The van der Waals surface area contributed by atoms with Gasteiger partial charge in [-0.3, -0.25) is 4.90 Å². The molecular formula is C22H26N2O4. The molecule has 4 heterocycles. The van der Waals surface area contributed by atoms with Gasteiger partial charge in [-0.2, -0.15) is 0 Å². The number of esters is 1. The van der Waals surface area contributed by atoms with Crippen LogP contribution < -0.4 is 10.1 Å². The van der Waals surface area contributed by atoms with Crippen LogP contribution >= 0.6 is 0 Å². The van der Waals surface area contributed by atoms with Crippen LogP contribution in [-0.4, -0.2) is 56.4 Å². The number of ether oxygens (including phenoxy) is 3. The molecule has 0 amide bonds. The molecule has 6 heteroatoms. The third-order valence-corrected chi connectivity index (χ3v) is 8.04. The summed E-state index contributed by atoms with van der Waals surface area (Å²) in [7, 11) is 3.17. The van der Waals surface area contributed by atoms with Crippen LogP contribution in [0.15, 0.2) is 29.5 Å². The van der Waals surface area contributed by atoms with Crippen molar-refractivity contribution in [1.29, 1.82) is 0 Å². The Balaban J connectivity index is 1.63. The lowest BCUT2D eigenvalue weighted by molar-refractivity contribution is -0.137. The van der Waals surface area contributed by atoms with Crippen molar-refractivity contribution in [2.45, 2.75) is 49.9 Å². The van der Waals surface area contributed by atoms with Gasteiger partial charge >= 0.3 is 5.97 Å². The molecule has 148 valence electrons. The van der Waals surface area contributed by atoms with E-state index in [4.69, 9.17) is 14.2 Å². The number of nitrogens with one attached hydrogen (secondary N) is 1. The number of piperidine rings is 1. The molecule has 1 spiro atoms. The summed E-state index contributed by atoms with van der Waals surface area (Å²) in [4.78, 5) is 15.5. The minimum Gasteiger partial charge on any atom is -0.497 e. The number of epoxide rings is 1. The van der Waals surface area contributed by atoms with Gasteiger partial charge in [0.25, 0.3) is 0 Å². The van der Waals surface area contributed by atoms with Crippen molar-refractivity contribution >= 4 is 11.7 Å². The minimum absolute atomic E-state index is 0.0460. The summed E-state index contributed by atoms with van der Waals surface area (Å²) in [6.07, 6.45) is 3.29. The standard InChI is InChI=1S/C22H26N2O4/c1-4-21-10-13(19(25)27-3)17-22(14-6-5-12(26-2)9-15(14)23-17)7-8-24(20(21)22)11-16-18(21)28-16/h5-6,9,16,18,20,23H,4,7-8,10-11H2,1-3H3/t16-,18+,20-,21-,22+/m0/s1. The van der Waals surface area contributed by atoms with Gasteiger partial charge in [0, 0.05) is 35.5 Å². The normalized spacial score (nSPS) is 39.5. The number of hydrogen-bond donors (Lipinski definition) is 1. The van der Waals surface area contributed by atoms with Crippen LogP contribution in [-0.2, 0) is 19.7 Å². The number of hydrogen-bond acceptors (Lipinski definition) is 6. The molecule has 1 aliphatic carbocycles. The second-order valence-electron chi connectivity index (χ2n) is 8.86. The molecule has 1 aromatic rings. The number of fused-ring (bicyclic) bond motifs is 3. The van der Waals surface area contributed by atoms with E-state index < -0.39 is 0 Å². The fourth-order valence-electron chi connectivity index (χ4n) is 6.97. The van der Waals surface area contributed by atoms with Crippen molar-refractivity contribution in [2.24, 2.45) is 5.41 Å². The third-order valence-electron chi connectivity index (χ3n) is 8.04. The first kappa shape index (κ1) is 16.9. The van der Waals surface area contributed by atoms with E-state index in [0.717, 1.165) is 48.6 Å². The molecule has 0 aromatic heterocycles. The monoisotopic (exact) mass is 382 g/mol. The van der Waals surface area contributed by atoms with Gasteiger partial charge in [-0.25, -0.2) is 4.79 Å². The second kappa shape index (κ2) is 5.30. The lowest BCUT2D eigenvalue weighted by Gasteiger charge is -2.54. The van der Waals surface area contributed by atoms with E-state index in [-0.39, 0.29) is 22.9 Å². The Hall–Kier alpha value is -2.05. The van der Waals surface area contributed by atoms with Crippen molar-refractivity contribution in [1.82, 2.24) is 4.90 Å². The zero-order valence-corrected chi connectivity index (χ0v) is 16.6. The number of carbonyl (C=O) groups is 1. The van der Waals surface area contributed by atoms with Gasteiger partial charge in [0.15, 0.2) is 0 Å². The summed E-state index contributed by atoms with van der Waals surface area (Å²) in [5.74, 6) is 0.613. The molecule has 5 atom stereocenters. The molecule has 1 aromatic carbocycles. The van der Waals surface area contributed by atoms with E-state index in [9.17, 15) is 4.79 Å². The lowest BCUT2D eigenvalue weighted by Crippen LogP contribution is -2.63. The molecule has 0 bridgehead atoms. The topological polar surface area (TPSA) is 63.3 Å². The van der Waals surface area contributed by atoms with Crippen LogP contribution in [0, 0.1) is 5.41 Å². The van der Waals surface area contributed by atoms with Crippen molar-refractivity contribution in [3.05, 3.63) is 35.0 Å². The maximum Gasteiger partial charge on any atom is 0.335 e. The smallest absolute Gasteiger partial charge is 0.335 e. The predicted molar refractivity (Wildman–Crippen MR) is 103 cm³/mol. The van der Waals surface area contributed by atoms with Crippen LogP contribution in [0.3, 0.4) is 0 Å². The summed E-state index contributed by atoms with van der Waals surface area (Å²) in [6.45, 7) is 4.29. The summed E-state index contributed by atoms with van der Waals surface area (Å²) >= 11 is 0. The molecule has 0 saturated carbocycles. The molecule has 6 nitrogen and oxygen atoms in total. The molecule has 3 saturated heterocycles. The lowest BCUT2D eigenvalue weighted by atomic mass is 9.53. The highest BCUT2D eigenvalue weighted by molar-refractivity contribution is 5.93. The first-order chi connectivity index (χ1) is 13.6. The molecule has 3 fully saturated rings. The number of carbonyl (C=O) groups excluding carboxylic acids is 1. The third kappa shape index (κ3) is 1.75. The number of benzene rings is 1. The van der Waals surface area contributed by atoms with E-state index >= 15 is 0 Å². The first-order valence-electron chi connectivity index (χ1n) is 10.3. The number of rotatable bonds is 3. The van der Waals surface area contributed by atoms with Crippen molar-refractivity contribution in [3.8, 4) is 5.75 Å². The van der Waals surface area contributed by atoms with Gasteiger partial charge < -0.3 is 19.5 Å². The average Bonchev–Trinajstić information content (AvgIpc) is 3.31. The van der Waals surface area contributed by atoms with Gasteiger partial charge in [-0.1, -0.05) is 13.0 Å². The van der Waals surface area contributed by atoms with Gasteiger partial charge in [0.05, 0.1) is 37.4 Å². The maximum atomic E-state index is 12.9. The summed E-state index contributed by atoms with van der Waals surface area (Å²) in [6, 6.07) is 6.64. The maximum absolute atomic E-state index is 12.9. The van der Waals surface area contributed by atoms with E-state index in [2.05, 4.69) is 29.3 Å². The van der Waals surface area contributed by atoms with Crippen molar-refractivity contribution in [2.75, 3.05) is 32.6 Å². The van der Waals surface area contributed by atoms with Gasteiger partial charge in [-0.05, 0) is 37.4 Å². The molecule has 4 aliphatic heterocycles. The zero-order chi connectivity index (χ0) is 19.3.